The van der Waals surface area contributed by atoms with Crippen molar-refractivity contribution >= 4 is 22.8 Å². The third kappa shape index (κ3) is 3.07. The number of hydrogen-bond donors (Lipinski definition) is 4. The van der Waals surface area contributed by atoms with Crippen LogP contribution >= 0.6 is 0 Å². The number of fused-ring (bicyclic) bond motifs is 4. The lowest BCUT2D eigenvalue weighted by atomic mass is 9.61. The summed E-state index contributed by atoms with van der Waals surface area (Å²) in [5, 5.41) is 12.8. The highest BCUT2D eigenvalue weighted by molar-refractivity contribution is 5.91. The van der Waals surface area contributed by atoms with E-state index in [-0.39, 0.29) is 29.5 Å². The Kier molecular flexibility index (Phi) is 4.58. The lowest BCUT2D eigenvalue weighted by Crippen LogP contribution is -2.54. The second-order valence-electron chi connectivity index (χ2n) is 7.99. The molecule has 3 heterocycles. The zero-order chi connectivity index (χ0) is 20.8. The van der Waals surface area contributed by atoms with Gasteiger partial charge in [-0.1, -0.05) is 0 Å². The highest BCUT2D eigenvalue weighted by atomic mass is 19.1. The summed E-state index contributed by atoms with van der Waals surface area (Å²) in [7, 11) is 0. The fraction of sp³-hybridized carbons (Fsp3) is 0.400. The molecule has 3 aliphatic rings. The number of rotatable bonds is 4. The highest BCUT2D eigenvalue weighted by Crippen LogP contribution is 2.46. The van der Waals surface area contributed by atoms with Crippen molar-refractivity contribution in [2.24, 2.45) is 17.8 Å². The van der Waals surface area contributed by atoms with Crippen molar-refractivity contribution in [3.05, 3.63) is 36.3 Å². The number of H-pyrrole nitrogens is 1. The molecule has 2 atom stereocenters. The summed E-state index contributed by atoms with van der Waals surface area (Å²) in [4.78, 5) is 27.6. The third-order valence-electron chi connectivity index (χ3n) is 6.42. The van der Waals surface area contributed by atoms with E-state index >= 15 is 0 Å². The van der Waals surface area contributed by atoms with E-state index in [0.717, 1.165) is 38.1 Å². The van der Waals surface area contributed by atoms with Crippen LogP contribution in [0.4, 0.5) is 14.6 Å². The number of nitrogens with zero attached hydrogens (tertiary/aromatic N) is 3. The highest BCUT2D eigenvalue weighted by Gasteiger charge is 2.47. The summed E-state index contributed by atoms with van der Waals surface area (Å²) in [6.07, 6.45) is 7.44. The SMILES string of the molecule is O=C(NO)[C@H]1C2CCC(CC2)C1Nc1nc(-c2c[nH]c3ncc(F)cc23)ncc1F. The zero-order valence-corrected chi connectivity index (χ0v) is 15.9. The van der Waals surface area contributed by atoms with Crippen LogP contribution in [0.25, 0.3) is 22.4 Å². The van der Waals surface area contributed by atoms with Gasteiger partial charge < -0.3 is 10.3 Å². The monoisotopic (exact) mass is 414 g/mol. The minimum atomic E-state index is -0.646. The average Bonchev–Trinajstić information content (AvgIpc) is 3.18. The standard InChI is InChI=1S/C20H20F2N6O2/c21-11-5-12-13(7-24-17(12)23-6-11)18-25-8-14(22)19(27-18)26-16-10-3-1-9(2-4-10)15(16)20(29)28-30/h5-10,15-16,30H,1-4H2,(H,23,24)(H,28,29)(H,25,26,27)/t9?,10?,15-,16?/m0/s1. The van der Waals surface area contributed by atoms with Crippen LogP contribution in [0.5, 0.6) is 0 Å². The van der Waals surface area contributed by atoms with Gasteiger partial charge in [0.15, 0.2) is 17.5 Å². The molecule has 0 saturated heterocycles. The van der Waals surface area contributed by atoms with Gasteiger partial charge in [0.2, 0.25) is 5.91 Å². The molecule has 3 aromatic rings. The number of hydroxylamine groups is 1. The molecule has 156 valence electrons. The van der Waals surface area contributed by atoms with Crippen LogP contribution in [0.1, 0.15) is 25.7 Å². The first-order valence-corrected chi connectivity index (χ1v) is 9.91. The Morgan fingerprint density at radius 2 is 1.90 bits per heavy atom. The average molecular weight is 414 g/mol. The quantitative estimate of drug-likeness (QED) is 0.385. The van der Waals surface area contributed by atoms with Crippen molar-refractivity contribution in [1.82, 2.24) is 25.4 Å². The van der Waals surface area contributed by atoms with Crippen molar-refractivity contribution in [2.75, 3.05) is 5.32 Å². The van der Waals surface area contributed by atoms with Gasteiger partial charge in [0, 0.05) is 23.2 Å². The summed E-state index contributed by atoms with van der Waals surface area (Å²) >= 11 is 0. The summed E-state index contributed by atoms with van der Waals surface area (Å²) in [5.74, 6) is -1.57. The summed E-state index contributed by atoms with van der Waals surface area (Å²) in [6.45, 7) is 0. The number of amides is 1. The first-order valence-electron chi connectivity index (χ1n) is 9.91. The number of aromatic amines is 1. The normalized spacial score (nSPS) is 25.4. The van der Waals surface area contributed by atoms with E-state index < -0.39 is 23.5 Å². The molecular weight excluding hydrogens is 394 g/mol. The topological polar surface area (TPSA) is 116 Å². The van der Waals surface area contributed by atoms with E-state index in [1.54, 1.807) is 11.7 Å². The molecule has 0 aromatic carbocycles. The maximum Gasteiger partial charge on any atom is 0.248 e. The number of pyridine rings is 1. The Morgan fingerprint density at radius 1 is 1.13 bits per heavy atom. The maximum absolute atomic E-state index is 14.6. The van der Waals surface area contributed by atoms with E-state index in [9.17, 15) is 18.8 Å². The van der Waals surface area contributed by atoms with Crippen LogP contribution in [-0.4, -0.2) is 37.1 Å². The molecular formula is C20H20F2N6O2. The van der Waals surface area contributed by atoms with Gasteiger partial charge in [-0.25, -0.2) is 29.2 Å². The molecule has 4 N–H and O–H groups in total. The molecule has 3 saturated carbocycles. The van der Waals surface area contributed by atoms with Crippen LogP contribution in [0, 0.1) is 29.4 Å². The minimum absolute atomic E-state index is 0.0213. The van der Waals surface area contributed by atoms with Crippen LogP contribution in [-0.2, 0) is 4.79 Å². The van der Waals surface area contributed by atoms with Gasteiger partial charge in [0.05, 0.1) is 18.3 Å². The van der Waals surface area contributed by atoms with E-state index in [0.29, 0.717) is 16.6 Å². The molecule has 3 aliphatic carbocycles. The van der Waals surface area contributed by atoms with Crippen molar-refractivity contribution < 1.29 is 18.8 Å². The predicted octanol–water partition coefficient (Wildman–Crippen LogP) is 3.02. The largest absolute Gasteiger partial charge is 0.364 e. The molecule has 3 fully saturated rings. The molecule has 0 radical (unpaired) electrons. The van der Waals surface area contributed by atoms with Crippen LogP contribution < -0.4 is 10.8 Å². The molecule has 0 aliphatic heterocycles. The fourth-order valence-corrected chi connectivity index (χ4v) is 5.03. The summed E-state index contributed by atoms with van der Waals surface area (Å²) < 4.78 is 28.2. The van der Waals surface area contributed by atoms with Gasteiger partial charge in [-0.05, 0) is 43.6 Å². The first kappa shape index (κ1) is 18.9. The van der Waals surface area contributed by atoms with Gasteiger partial charge in [0.1, 0.15) is 11.5 Å². The van der Waals surface area contributed by atoms with Crippen LogP contribution in [0.2, 0.25) is 0 Å². The lowest BCUT2D eigenvalue weighted by molar-refractivity contribution is -0.139. The Labute approximate surface area is 170 Å². The molecule has 8 nitrogen and oxygen atoms in total. The molecule has 0 spiro atoms. The van der Waals surface area contributed by atoms with Crippen molar-refractivity contribution in [3.8, 4) is 11.4 Å². The summed E-state index contributed by atoms with van der Waals surface area (Å²) in [5.41, 5.74) is 2.72. The molecule has 10 heteroatoms. The zero-order valence-electron chi connectivity index (χ0n) is 15.9. The number of anilines is 1. The van der Waals surface area contributed by atoms with Gasteiger partial charge in [0.25, 0.3) is 0 Å². The molecule has 6 rings (SSSR count). The molecule has 3 aromatic heterocycles. The number of aromatic nitrogens is 4. The van der Waals surface area contributed by atoms with Gasteiger partial charge >= 0.3 is 0 Å². The number of halogens is 2. The van der Waals surface area contributed by atoms with Gasteiger partial charge in [-0.15, -0.1) is 0 Å². The van der Waals surface area contributed by atoms with Crippen LogP contribution in [0.15, 0.2) is 24.7 Å². The Hall–Kier alpha value is -3.14. The molecule has 2 bridgehead atoms. The van der Waals surface area contributed by atoms with Gasteiger partial charge in [-0.2, -0.15) is 0 Å². The predicted molar refractivity (Wildman–Crippen MR) is 103 cm³/mol. The van der Waals surface area contributed by atoms with E-state index in [4.69, 9.17) is 0 Å². The Morgan fingerprint density at radius 3 is 2.67 bits per heavy atom. The second kappa shape index (κ2) is 7.28. The van der Waals surface area contributed by atoms with Crippen molar-refractivity contribution in [3.63, 3.8) is 0 Å². The second-order valence-corrected chi connectivity index (χ2v) is 7.99. The number of carbonyl (C=O) groups excluding carboxylic acids is 1. The maximum atomic E-state index is 14.6. The molecule has 1 unspecified atom stereocenters. The van der Waals surface area contributed by atoms with Crippen molar-refractivity contribution in [2.45, 2.75) is 31.7 Å². The smallest absolute Gasteiger partial charge is 0.248 e. The lowest BCUT2D eigenvalue weighted by Gasteiger charge is -2.47. The Balaban J connectivity index is 1.50. The van der Waals surface area contributed by atoms with E-state index in [1.807, 2.05) is 0 Å². The number of carbonyl (C=O) groups is 1. The van der Waals surface area contributed by atoms with Crippen molar-refractivity contribution in [1.29, 1.82) is 0 Å². The van der Waals surface area contributed by atoms with E-state index in [1.165, 1.54) is 6.07 Å². The van der Waals surface area contributed by atoms with Crippen LogP contribution in [0.3, 0.4) is 0 Å². The third-order valence-corrected chi connectivity index (χ3v) is 6.42. The van der Waals surface area contributed by atoms with Gasteiger partial charge in [-0.3, -0.25) is 10.0 Å². The fourth-order valence-electron chi connectivity index (χ4n) is 5.03. The number of nitrogens with one attached hydrogen (secondary N) is 3. The van der Waals surface area contributed by atoms with E-state index in [2.05, 4.69) is 25.3 Å². The molecule has 30 heavy (non-hydrogen) atoms. The number of hydrogen-bond acceptors (Lipinski definition) is 6. The first-order chi connectivity index (χ1) is 14.5. The Bertz CT molecular complexity index is 1110. The minimum Gasteiger partial charge on any atom is -0.364 e. The summed E-state index contributed by atoms with van der Waals surface area (Å²) in [6, 6.07) is 0.972. The molecule has 1 amide bonds.